The molecule has 1 heterocycles. The van der Waals surface area contributed by atoms with E-state index < -0.39 is 24.0 Å². The Hall–Kier alpha value is -2.18. The molecule has 0 radical (unpaired) electrons. The number of carbonyl (C=O) groups excluding carboxylic acids is 1. The van der Waals surface area contributed by atoms with Crippen LogP contribution >= 0.6 is 0 Å². The highest BCUT2D eigenvalue weighted by atomic mass is 19.3. The predicted molar refractivity (Wildman–Crippen MR) is 75.7 cm³/mol. The van der Waals surface area contributed by atoms with Crippen LogP contribution in [0.15, 0.2) is 30.3 Å². The second-order valence-electron chi connectivity index (χ2n) is 5.35. The van der Waals surface area contributed by atoms with E-state index in [1.807, 2.05) is 0 Å². The summed E-state index contributed by atoms with van der Waals surface area (Å²) in [5.41, 5.74) is 0.667. The predicted octanol–water partition coefficient (Wildman–Crippen LogP) is 2.64. The van der Waals surface area contributed by atoms with E-state index in [4.69, 9.17) is 5.11 Å². The Labute approximate surface area is 126 Å². The normalized spacial score (nSPS) is 18.5. The first-order chi connectivity index (χ1) is 10.4. The number of nitrogens with zero attached hydrogens (tertiary/aromatic N) is 1. The van der Waals surface area contributed by atoms with E-state index in [9.17, 15) is 18.4 Å². The van der Waals surface area contributed by atoms with Gasteiger partial charge >= 0.3 is 12.0 Å². The Morgan fingerprint density at radius 2 is 1.82 bits per heavy atom. The molecule has 1 fully saturated rings. The SMILES string of the molecule is O=C(O)CC(NC(=O)N1CCC(F)(F)CC1)c1ccccc1. The van der Waals surface area contributed by atoms with Crippen molar-refractivity contribution in [3.8, 4) is 0 Å². The standard InChI is InChI=1S/C15H18F2N2O3/c16-15(17)6-8-19(9-7-15)14(22)18-12(10-13(20)21)11-4-2-1-3-5-11/h1-5,12H,6-10H2,(H,18,22)(H,20,21). The lowest BCUT2D eigenvalue weighted by molar-refractivity contribution is -0.137. The molecule has 22 heavy (non-hydrogen) atoms. The summed E-state index contributed by atoms with van der Waals surface area (Å²) in [6.07, 6.45) is -0.996. The van der Waals surface area contributed by atoms with Gasteiger partial charge in [0.2, 0.25) is 0 Å². The zero-order chi connectivity index (χ0) is 16.2. The number of hydrogen-bond donors (Lipinski definition) is 2. The fourth-order valence-corrected chi connectivity index (χ4v) is 2.39. The van der Waals surface area contributed by atoms with Gasteiger partial charge in [0, 0.05) is 25.9 Å². The van der Waals surface area contributed by atoms with Crippen LogP contribution in [-0.4, -0.2) is 41.0 Å². The maximum Gasteiger partial charge on any atom is 0.317 e. The highest BCUT2D eigenvalue weighted by Gasteiger charge is 2.36. The van der Waals surface area contributed by atoms with Gasteiger partial charge in [-0.1, -0.05) is 30.3 Å². The molecule has 2 rings (SSSR count). The summed E-state index contributed by atoms with van der Waals surface area (Å²) in [5, 5.41) is 11.6. The number of carboxylic acids is 1. The van der Waals surface area contributed by atoms with Gasteiger partial charge < -0.3 is 15.3 Å². The zero-order valence-electron chi connectivity index (χ0n) is 12.0. The maximum atomic E-state index is 13.1. The lowest BCUT2D eigenvalue weighted by atomic mass is 10.0. The molecule has 2 amide bonds. The molecule has 7 heteroatoms. The van der Waals surface area contributed by atoms with E-state index >= 15 is 0 Å². The number of nitrogens with one attached hydrogen (secondary N) is 1. The summed E-state index contributed by atoms with van der Waals surface area (Å²) < 4.78 is 26.2. The first kappa shape index (κ1) is 16.2. The minimum atomic E-state index is -2.73. The molecule has 1 aromatic rings. The summed E-state index contributed by atoms with van der Waals surface area (Å²) in [6, 6.07) is 7.53. The summed E-state index contributed by atoms with van der Waals surface area (Å²) in [5.74, 6) is -3.77. The molecular weight excluding hydrogens is 294 g/mol. The number of benzene rings is 1. The van der Waals surface area contributed by atoms with Crippen molar-refractivity contribution < 1.29 is 23.5 Å². The van der Waals surface area contributed by atoms with Gasteiger partial charge in [0.25, 0.3) is 5.92 Å². The number of urea groups is 1. The van der Waals surface area contributed by atoms with Crippen molar-refractivity contribution in [3.63, 3.8) is 0 Å². The lowest BCUT2D eigenvalue weighted by Crippen LogP contribution is -2.48. The summed E-state index contributed by atoms with van der Waals surface area (Å²) in [7, 11) is 0. The molecule has 1 saturated heterocycles. The Kier molecular flexibility index (Phi) is 4.95. The van der Waals surface area contributed by atoms with Crippen molar-refractivity contribution in [2.24, 2.45) is 0 Å². The summed E-state index contributed by atoms with van der Waals surface area (Å²) in [6.45, 7) is -0.0686. The second-order valence-corrected chi connectivity index (χ2v) is 5.35. The van der Waals surface area contributed by atoms with Gasteiger partial charge in [-0.05, 0) is 5.56 Å². The molecule has 2 N–H and O–H groups in total. The minimum Gasteiger partial charge on any atom is -0.481 e. The number of alkyl halides is 2. The lowest BCUT2D eigenvalue weighted by Gasteiger charge is -2.33. The van der Waals surface area contributed by atoms with Crippen LogP contribution in [0.1, 0.15) is 30.9 Å². The van der Waals surface area contributed by atoms with E-state index in [0.29, 0.717) is 5.56 Å². The van der Waals surface area contributed by atoms with E-state index in [0.717, 1.165) is 0 Å². The largest absolute Gasteiger partial charge is 0.481 e. The third kappa shape index (κ3) is 4.41. The number of hydrogen-bond acceptors (Lipinski definition) is 2. The first-order valence-electron chi connectivity index (χ1n) is 7.07. The number of aliphatic carboxylic acids is 1. The van der Waals surface area contributed by atoms with Gasteiger partial charge in [-0.3, -0.25) is 4.79 Å². The molecule has 1 aromatic carbocycles. The van der Waals surface area contributed by atoms with E-state index in [-0.39, 0.29) is 32.4 Å². The molecule has 0 spiro atoms. The van der Waals surface area contributed by atoms with Crippen molar-refractivity contribution in [3.05, 3.63) is 35.9 Å². The third-order valence-corrected chi connectivity index (χ3v) is 3.66. The van der Waals surface area contributed by atoms with Crippen LogP contribution in [-0.2, 0) is 4.79 Å². The van der Waals surface area contributed by atoms with Gasteiger partial charge in [-0.25, -0.2) is 13.6 Å². The maximum absolute atomic E-state index is 13.1. The van der Waals surface area contributed by atoms with Crippen molar-refractivity contribution in [2.45, 2.75) is 31.2 Å². The van der Waals surface area contributed by atoms with Crippen LogP contribution < -0.4 is 5.32 Å². The molecule has 120 valence electrons. The molecule has 1 unspecified atom stereocenters. The second kappa shape index (κ2) is 6.72. The Balaban J connectivity index is 2.01. The molecule has 0 saturated carbocycles. The van der Waals surface area contributed by atoms with Crippen LogP contribution in [0.25, 0.3) is 0 Å². The summed E-state index contributed by atoms with van der Waals surface area (Å²) >= 11 is 0. The summed E-state index contributed by atoms with van der Waals surface area (Å²) in [4.78, 5) is 24.4. The van der Waals surface area contributed by atoms with Crippen molar-refractivity contribution in [1.29, 1.82) is 0 Å². The van der Waals surface area contributed by atoms with Crippen LogP contribution in [0, 0.1) is 0 Å². The fraction of sp³-hybridized carbons (Fsp3) is 0.467. The van der Waals surface area contributed by atoms with Gasteiger partial charge in [0.15, 0.2) is 0 Å². The minimum absolute atomic E-state index is 0.0343. The van der Waals surface area contributed by atoms with Gasteiger partial charge in [0.05, 0.1) is 12.5 Å². The highest BCUT2D eigenvalue weighted by Crippen LogP contribution is 2.28. The van der Waals surface area contributed by atoms with Crippen LogP contribution in [0.5, 0.6) is 0 Å². The zero-order valence-corrected chi connectivity index (χ0v) is 12.0. The number of carbonyl (C=O) groups is 2. The fourth-order valence-electron chi connectivity index (χ4n) is 2.39. The molecule has 5 nitrogen and oxygen atoms in total. The van der Waals surface area contributed by atoms with Gasteiger partial charge in [-0.15, -0.1) is 0 Å². The Morgan fingerprint density at radius 3 is 2.36 bits per heavy atom. The Bertz CT molecular complexity index is 527. The number of piperidine rings is 1. The molecular formula is C15H18F2N2O3. The van der Waals surface area contributed by atoms with Crippen LogP contribution in [0.3, 0.4) is 0 Å². The molecule has 1 aliphatic rings. The average Bonchev–Trinajstić information content (AvgIpc) is 2.47. The monoisotopic (exact) mass is 312 g/mol. The highest BCUT2D eigenvalue weighted by molar-refractivity contribution is 5.76. The number of carboxylic acid groups (broad SMARTS) is 1. The quantitative estimate of drug-likeness (QED) is 0.898. The molecule has 1 atom stereocenters. The van der Waals surface area contributed by atoms with Crippen molar-refractivity contribution in [1.82, 2.24) is 10.2 Å². The third-order valence-electron chi connectivity index (χ3n) is 3.66. The molecule has 0 aromatic heterocycles. The Morgan fingerprint density at radius 1 is 1.23 bits per heavy atom. The molecule has 0 bridgehead atoms. The van der Waals surface area contributed by atoms with Crippen LogP contribution in [0.2, 0.25) is 0 Å². The number of rotatable bonds is 4. The van der Waals surface area contributed by atoms with Gasteiger partial charge in [0.1, 0.15) is 0 Å². The van der Waals surface area contributed by atoms with Crippen molar-refractivity contribution >= 4 is 12.0 Å². The van der Waals surface area contributed by atoms with E-state index in [1.165, 1.54) is 4.90 Å². The number of amides is 2. The smallest absolute Gasteiger partial charge is 0.317 e. The van der Waals surface area contributed by atoms with E-state index in [1.54, 1.807) is 30.3 Å². The topological polar surface area (TPSA) is 69.6 Å². The number of likely N-dealkylation sites (tertiary alicyclic amines) is 1. The van der Waals surface area contributed by atoms with Crippen LogP contribution in [0.4, 0.5) is 13.6 Å². The van der Waals surface area contributed by atoms with Gasteiger partial charge in [-0.2, -0.15) is 0 Å². The first-order valence-corrected chi connectivity index (χ1v) is 7.07. The molecule has 1 aliphatic heterocycles. The molecule has 0 aliphatic carbocycles. The number of halogens is 2. The average molecular weight is 312 g/mol. The van der Waals surface area contributed by atoms with E-state index in [2.05, 4.69) is 5.32 Å². The van der Waals surface area contributed by atoms with Crippen molar-refractivity contribution in [2.75, 3.05) is 13.1 Å².